The third kappa shape index (κ3) is 4.60. The number of thioether (sulfide) groups is 1. The number of ketones is 1. The van der Waals surface area contributed by atoms with Crippen LogP contribution >= 0.6 is 34.7 Å². The van der Waals surface area contributed by atoms with E-state index in [4.69, 9.17) is 16.0 Å². The van der Waals surface area contributed by atoms with Crippen LogP contribution in [0, 0.1) is 6.92 Å². The molecule has 1 aromatic carbocycles. The van der Waals surface area contributed by atoms with Gasteiger partial charge in [0.2, 0.25) is 10.9 Å². The fourth-order valence-corrected chi connectivity index (χ4v) is 5.61. The zero-order valence-electron chi connectivity index (χ0n) is 18.2. The van der Waals surface area contributed by atoms with Gasteiger partial charge in [-0.05, 0) is 48.4 Å². The molecule has 0 saturated carbocycles. The first-order valence-electron chi connectivity index (χ1n) is 10.4. The molecule has 0 fully saturated rings. The standard InChI is InChI=1S/C24H17ClN4O4S2/c1-13-4-9-17(33-13)20(30)18-19(15-3-2-10-26-11-15)29(22(32)21(18)31)23-27-28-24(35-23)34-12-14-5-7-16(25)8-6-14/h2-11,19,31H,12H2,1H3. The Bertz CT molecular complexity index is 1430. The lowest BCUT2D eigenvalue weighted by molar-refractivity contribution is -0.117. The van der Waals surface area contributed by atoms with Gasteiger partial charge in [-0.1, -0.05) is 52.9 Å². The summed E-state index contributed by atoms with van der Waals surface area (Å²) in [5.74, 6) is -0.763. The molecule has 1 amide bonds. The van der Waals surface area contributed by atoms with Crippen LogP contribution < -0.4 is 4.90 Å². The number of aliphatic hydroxyl groups excluding tert-OH is 1. The van der Waals surface area contributed by atoms with Crippen LogP contribution in [0.1, 0.15) is 33.5 Å². The monoisotopic (exact) mass is 524 g/mol. The number of benzene rings is 1. The Morgan fingerprint density at radius 2 is 2.00 bits per heavy atom. The maximum absolute atomic E-state index is 13.3. The molecule has 0 bridgehead atoms. The summed E-state index contributed by atoms with van der Waals surface area (Å²) < 4.78 is 6.11. The summed E-state index contributed by atoms with van der Waals surface area (Å²) in [6, 6.07) is 13.1. The van der Waals surface area contributed by atoms with Crippen LogP contribution in [0.5, 0.6) is 0 Å². The zero-order chi connectivity index (χ0) is 24.5. The van der Waals surface area contributed by atoms with Crippen LogP contribution in [0.4, 0.5) is 5.13 Å². The van der Waals surface area contributed by atoms with Crippen LogP contribution in [-0.2, 0) is 10.5 Å². The smallest absolute Gasteiger partial charge is 0.296 e. The first-order valence-corrected chi connectivity index (χ1v) is 12.6. The highest BCUT2D eigenvalue weighted by atomic mass is 35.5. The van der Waals surface area contributed by atoms with Gasteiger partial charge in [0.25, 0.3) is 5.91 Å². The van der Waals surface area contributed by atoms with E-state index in [1.807, 2.05) is 24.3 Å². The summed E-state index contributed by atoms with van der Waals surface area (Å²) in [5, 5.41) is 20.1. The molecule has 11 heteroatoms. The zero-order valence-corrected chi connectivity index (χ0v) is 20.6. The number of carbonyl (C=O) groups is 2. The molecule has 1 unspecified atom stereocenters. The molecule has 1 aliphatic heterocycles. The highest BCUT2D eigenvalue weighted by molar-refractivity contribution is 8.00. The normalized spacial score (nSPS) is 15.8. The van der Waals surface area contributed by atoms with Crippen molar-refractivity contribution in [3.8, 4) is 0 Å². The topological polar surface area (TPSA) is 109 Å². The largest absolute Gasteiger partial charge is 0.503 e. The molecular formula is C24H17ClN4O4S2. The highest BCUT2D eigenvalue weighted by Gasteiger charge is 2.46. The summed E-state index contributed by atoms with van der Waals surface area (Å²) >= 11 is 8.60. The number of Topliss-reactive ketones (excluding diaryl/α,β-unsaturated/α-hetero) is 1. The average molecular weight is 525 g/mol. The van der Waals surface area contributed by atoms with Crippen molar-refractivity contribution in [2.45, 2.75) is 23.1 Å². The SMILES string of the molecule is Cc1ccc(C(=O)C2=C(O)C(=O)N(c3nnc(SCc4ccc(Cl)cc4)s3)C2c2cccnc2)o1. The first-order chi connectivity index (χ1) is 16.9. The van der Waals surface area contributed by atoms with Gasteiger partial charge in [0.1, 0.15) is 5.76 Å². The second kappa shape index (κ2) is 9.65. The number of aromatic nitrogens is 3. The Hall–Kier alpha value is -3.47. The third-order valence-corrected chi connectivity index (χ3v) is 7.67. The van der Waals surface area contributed by atoms with Crippen LogP contribution in [0.25, 0.3) is 0 Å². The molecule has 3 aromatic heterocycles. The lowest BCUT2D eigenvalue weighted by Crippen LogP contribution is -2.31. The van der Waals surface area contributed by atoms with Gasteiger partial charge in [-0.25, -0.2) is 0 Å². The number of halogens is 1. The van der Waals surface area contributed by atoms with Gasteiger partial charge in [0.05, 0.1) is 11.6 Å². The Kier molecular flexibility index (Phi) is 6.42. The van der Waals surface area contributed by atoms with Crippen molar-refractivity contribution in [2.75, 3.05) is 4.90 Å². The average Bonchev–Trinajstić information content (AvgIpc) is 3.57. The molecule has 0 saturated heterocycles. The molecule has 1 aliphatic rings. The number of amides is 1. The van der Waals surface area contributed by atoms with E-state index in [1.165, 1.54) is 34.1 Å². The predicted molar refractivity (Wildman–Crippen MR) is 133 cm³/mol. The van der Waals surface area contributed by atoms with Gasteiger partial charge in [-0.15, -0.1) is 10.2 Å². The molecule has 4 aromatic rings. The number of anilines is 1. The van der Waals surface area contributed by atoms with E-state index < -0.39 is 23.5 Å². The third-order valence-electron chi connectivity index (χ3n) is 5.29. The van der Waals surface area contributed by atoms with Gasteiger partial charge in [-0.2, -0.15) is 0 Å². The number of nitrogens with zero attached hydrogens (tertiary/aromatic N) is 4. The summed E-state index contributed by atoms with van der Waals surface area (Å²) in [7, 11) is 0. The Labute approximate surface area is 213 Å². The number of hydrogen-bond donors (Lipinski definition) is 1. The molecule has 8 nitrogen and oxygen atoms in total. The van der Waals surface area contributed by atoms with Gasteiger partial charge >= 0.3 is 0 Å². The number of aliphatic hydroxyl groups is 1. The number of pyridine rings is 1. The Balaban J connectivity index is 1.47. The molecule has 1 atom stereocenters. The maximum atomic E-state index is 13.3. The Morgan fingerprint density at radius 1 is 1.20 bits per heavy atom. The van der Waals surface area contributed by atoms with Crippen molar-refractivity contribution >= 4 is 51.5 Å². The second-order valence-corrected chi connectivity index (χ2v) is 10.2. The van der Waals surface area contributed by atoms with Gasteiger partial charge in [0.15, 0.2) is 15.9 Å². The number of hydrogen-bond acceptors (Lipinski definition) is 9. The number of carbonyl (C=O) groups excluding carboxylic acids is 2. The first kappa shape index (κ1) is 23.3. The minimum absolute atomic E-state index is 0.0315. The molecule has 176 valence electrons. The van der Waals surface area contributed by atoms with E-state index in [0.29, 0.717) is 26.4 Å². The van der Waals surface area contributed by atoms with Crippen LogP contribution in [0.2, 0.25) is 5.02 Å². The summed E-state index contributed by atoms with van der Waals surface area (Å²) in [6.45, 7) is 1.71. The molecule has 5 rings (SSSR count). The van der Waals surface area contributed by atoms with Gasteiger partial charge in [-0.3, -0.25) is 19.5 Å². The quantitative estimate of drug-likeness (QED) is 0.190. The van der Waals surface area contributed by atoms with Crippen LogP contribution in [0.15, 0.2) is 81.0 Å². The van der Waals surface area contributed by atoms with Crippen molar-refractivity contribution in [3.63, 3.8) is 0 Å². The molecule has 35 heavy (non-hydrogen) atoms. The van der Waals surface area contributed by atoms with Crippen molar-refractivity contribution in [1.82, 2.24) is 15.2 Å². The van der Waals surface area contributed by atoms with Crippen molar-refractivity contribution in [1.29, 1.82) is 0 Å². The predicted octanol–water partition coefficient (Wildman–Crippen LogP) is 5.56. The fraction of sp³-hybridized carbons (Fsp3) is 0.125. The molecule has 0 radical (unpaired) electrons. The number of aryl methyl sites for hydroxylation is 1. The van der Waals surface area contributed by atoms with Crippen molar-refractivity contribution in [2.24, 2.45) is 0 Å². The summed E-state index contributed by atoms with van der Waals surface area (Å²) in [6.07, 6.45) is 3.13. The minimum Gasteiger partial charge on any atom is -0.503 e. The van der Waals surface area contributed by atoms with E-state index in [9.17, 15) is 14.7 Å². The fourth-order valence-electron chi connectivity index (χ4n) is 3.66. The van der Waals surface area contributed by atoms with Gasteiger partial charge < -0.3 is 9.52 Å². The molecule has 1 N–H and O–H groups in total. The highest BCUT2D eigenvalue weighted by Crippen LogP contribution is 2.43. The van der Waals surface area contributed by atoms with E-state index in [1.54, 1.807) is 37.5 Å². The minimum atomic E-state index is -0.934. The number of furan rings is 1. The summed E-state index contributed by atoms with van der Waals surface area (Å²) in [5.41, 5.74) is 1.51. The number of rotatable bonds is 7. The van der Waals surface area contributed by atoms with E-state index >= 15 is 0 Å². The van der Waals surface area contributed by atoms with E-state index in [0.717, 1.165) is 5.56 Å². The van der Waals surface area contributed by atoms with Gasteiger partial charge in [0, 0.05) is 23.2 Å². The summed E-state index contributed by atoms with van der Waals surface area (Å²) in [4.78, 5) is 31.9. The maximum Gasteiger partial charge on any atom is 0.296 e. The van der Waals surface area contributed by atoms with E-state index in [2.05, 4.69) is 15.2 Å². The Morgan fingerprint density at radius 3 is 2.69 bits per heavy atom. The lowest BCUT2D eigenvalue weighted by atomic mass is 9.96. The van der Waals surface area contributed by atoms with Crippen LogP contribution in [0.3, 0.4) is 0 Å². The second-order valence-electron chi connectivity index (χ2n) is 7.63. The molecule has 0 spiro atoms. The van der Waals surface area contributed by atoms with Crippen molar-refractivity contribution in [3.05, 3.63) is 99.9 Å². The molecule has 4 heterocycles. The van der Waals surface area contributed by atoms with Crippen molar-refractivity contribution < 1.29 is 19.1 Å². The van der Waals surface area contributed by atoms with E-state index in [-0.39, 0.29) is 16.5 Å². The molecule has 0 aliphatic carbocycles. The lowest BCUT2D eigenvalue weighted by Gasteiger charge is -2.23. The molecular weight excluding hydrogens is 508 g/mol. The van der Waals surface area contributed by atoms with Crippen LogP contribution in [-0.4, -0.2) is 32.0 Å².